The maximum atomic E-state index is 5.68. The summed E-state index contributed by atoms with van der Waals surface area (Å²) in [7, 11) is 2.20. The molecule has 0 amide bonds. The van der Waals surface area contributed by atoms with Gasteiger partial charge < -0.3 is 10.6 Å². The van der Waals surface area contributed by atoms with Crippen LogP contribution in [0.2, 0.25) is 0 Å². The van der Waals surface area contributed by atoms with Crippen LogP contribution >= 0.6 is 0 Å². The van der Waals surface area contributed by atoms with E-state index < -0.39 is 0 Å². The summed E-state index contributed by atoms with van der Waals surface area (Å²) in [5.41, 5.74) is 8.36. The van der Waals surface area contributed by atoms with Gasteiger partial charge in [-0.1, -0.05) is 12.1 Å². The van der Waals surface area contributed by atoms with E-state index in [1.54, 1.807) is 0 Å². The third-order valence-corrected chi connectivity index (χ3v) is 3.64. The van der Waals surface area contributed by atoms with Gasteiger partial charge in [-0.05, 0) is 44.6 Å². The second-order valence-corrected chi connectivity index (χ2v) is 5.00. The Labute approximate surface area is 104 Å². The van der Waals surface area contributed by atoms with Crippen molar-refractivity contribution in [1.82, 2.24) is 4.90 Å². The van der Waals surface area contributed by atoms with Crippen LogP contribution < -0.4 is 10.6 Å². The average molecular weight is 233 g/mol. The molecule has 2 N–H and O–H groups in total. The van der Waals surface area contributed by atoms with Gasteiger partial charge in [0, 0.05) is 31.4 Å². The van der Waals surface area contributed by atoms with Crippen LogP contribution in [-0.2, 0) is 0 Å². The van der Waals surface area contributed by atoms with E-state index in [4.69, 9.17) is 5.73 Å². The molecular weight excluding hydrogens is 210 g/mol. The number of benzene rings is 1. The van der Waals surface area contributed by atoms with Crippen LogP contribution in [0.5, 0.6) is 0 Å². The molecule has 1 aliphatic rings. The third-order valence-electron chi connectivity index (χ3n) is 3.64. The summed E-state index contributed by atoms with van der Waals surface area (Å²) in [6.07, 6.45) is 1.08. The highest BCUT2D eigenvalue weighted by molar-refractivity contribution is 5.49. The van der Waals surface area contributed by atoms with E-state index in [9.17, 15) is 0 Å². The van der Waals surface area contributed by atoms with Crippen LogP contribution in [0.4, 0.5) is 5.69 Å². The Morgan fingerprint density at radius 1 is 1.35 bits per heavy atom. The molecule has 0 radical (unpaired) electrons. The summed E-state index contributed by atoms with van der Waals surface area (Å²) in [6.45, 7) is 6.25. The van der Waals surface area contributed by atoms with Gasteiger partial charge in [0.15, 0.2) is 0 Å². The van der Waals surface area contributed by atoms with Crippen molar-refractivity contribution < 1.29 is 0 Å². The number of anilines is 1. The first kappa shape index (κ1) is 12.4. The van der Waals surface area contributed by atoms with E-state index >= 15 is 0 Å². The highest BCUT2D eigenvalue weighted by atomic mass is 15.3. The van der Waals surface area contributed by atoms with Crippen molar-refractivity contribution in [1.29, 1.82) is 0 Å². The average Bonchev–Trinajstić information content (AvgIpc) is 2.32. The number of hydrogen-bond donors (Lipinski definition) is 1. The summed E-state index contributed by atoms with van der Waals surface area (Å²) in [6, 6.07) is 9.36. The Morgan fingerprint density at radius 3 is 2.88 bits per heavy atom. The highest BCUT2D eigenvalue weighted by Crippen LogP contribution is 2.20. The first-order chi connectivity index (χ1) is 8.20. The normalized spacial score (nSPS) is 21.8. The lowest BCUT2D eigenvalue weighted by Gasteiger charge is -2.40. The highest BCUT2D eigenvalue weighted by Gasteiger charge is 2.23. The van der Waals surface area contributed by atoms with Crippen molar-refractivity contribution in [2.24, 2.45) is 5.73 Å². The molecule has 1 fully saturated rings. The SMILES string of the molecule is Cc1cccc(N2CCN(C)C(CCN)C2)c1. The molecule has 1 atom stereocenters. The van der Waals surface area contributed by atoms with Gasteiger partial charge in [-0.25, -0.2) is 0 Å². The lowest BCUT2D eigenvalue weighted by molar-refractivity contribution is 0.210. The fourth-order valence-electron chi connectivity index (χ4n) is 2.51. The van der Waals surface area contributed by atoms with Crippen molar-refractivity contribution >= 4 is 5.69 Å². The van der Waals surface area contributed by atoms with Crippen LogP contribution in [0.15, 0.2) is 24.3 Å². The van der Waals surface area contributed by atoms with Gasteiger partial charge in [0.1, 0.15) is 0 Å². The smallest absolute Gasteiger partial charge is 0.0369 e. The zero-order valence-electron chi connectivity index (χ0n) is 10.9. The van der Waals surface area contributed by atoms with Gasteiger partial charge in [0.05, 0.1) is 0 Å². The molecule has 0 saturated carbocycles. The monoisotopic (exact) mass is 233 g/mol. The Morgan fingerprint density at radius 2 is 2.18 bits per heavy atom. The van der Waals surface area contributed by atoms with Gasteiger partial charge in [0.2, 0.25) is 0 Å². The summed E-state index contributed by atoms with van der Waals surface area (Å²) >= 11 is 0. The van der Waals surface area contributed by atoms with Crippen LogP contribution in [0, 0.1) is 6.92 Å². The molecule has 94 valence electrons. The van der Waals surface area contributed by atoms with Gasteiger partial charge in [-0.2, -0.15) is 0 Å². The number of rotatable bonds is 3. The molecule has 1 aromatic carbocycles. The van der Waals surface area contributed by atoms with Crippen LogP contribution in [0.3, 0.4) is 0 Å². The van der Waals surface area contributed by atoms with Gasteiger partial charge >= 0.3 is 0 Å². The third kappa shape index (κ3) is 2.99. The lowest BCUT2D eigenvalue weighted by atomic mass is 10.1. The molecule has 1 aliphatic heterocycles. The molecule has 17 heavy (non-hydrogen) atoms. The lowest BCUT2D eigenvalue weighted by Crippen LogP contribution is -2.52. The number of likely N-dealkylation sites (N-methyl/N-ethyl adjacent to an activating group) is 1. The molecule has 3 nitrogen and oxygen atoms in total. The Balaban J connectivity index is 2.07. The molecule has 3 heteroatoms. The quantitative estimate of drug-likeness (QED) is 0.858. The second kappa shape index (κ2) is 5.52. The predicted octanol–water partition coefficient (Wildman–Crippen LogP) is 1.46. The number of aryl methyl sites for hydroxylation is 1. The summed E-state index contributed by atoms with van der Waals surface area (Å²) < 4.78 is 0. The summed E-state index contributed by atoms with van der Waals surface area (Å²) in [5, 5.41) is 0. The number of hydrogen-bond acceptors (Lipinski definition) is 3. The first-order valence-corrected chi connectivity index (χ1v) is 6.42. The molecule has 1 saturated heterocycles. The van der Waals surface area contributed by atoms with Gasteiger partial charge in [-0.15, -0.1) is 0 Å². The fourth-order valence-corrected chi connectivity index (χ4v) is 2.51. The Kier molecular flexibility index (Phi) is 4.02. The molecule has 0 spiro atoms. The minimum absolute atomic E-state index is 0.592. The molecule has 2 rings (SSSR count). The van der Waals surface area contributed by atoms with E-state index in [1.807, 2.05) is 0 Å². The minimum Gasteiger partial charge on any atom is -0.369 e. The largest absolute Gasteiger partial charge is 0.369 e. The molecule has 0 aliphatic carbocycles. The molecule has 0 bridgehead atoms. The van der Waals surface area contributed by atoms with Crippen molar-refractivity contribution in [2.75, 3.05) is 38.1 Å². The zero-order valence-corrected chi connectivity index (χ0v) is 10.9. The molecule has 1 heterocycles. The maximum Gasteiger partial charge on any atom is 0.0369 e. The first-order valence-electron chi connectivity index (χ1n) is 6.42. The van der Waals surface area contributed by atoms with E-state index in [1.165, 1.54) is 11.3 Å². The van der Waals surface area contributed by atoms with Crippen molar-refractivity contribution in [3.8, 4) is 0 Å². The van der Waals surface area contributed by atoms with E-state index in [0.29, 0.717) is 6.04 Å². The number of nitrogens with zero attached hydrogens (tertiary/aromatic N) is 2. The summed E-state index contributed by atoms with van der Waals surface area (Å²) in [4.78, 5) is 4.91. The predicted molar refractivity (Wildman–Crippen MR) is 73.5 cm³/mol. The van der Waals surface area contributed by atoms with Crippen molar-refractivity contribution in [3.63, 3.8) is 0 Å². The van der Waals surface area contributed by atoms with E-state index in [2.05, 4.69) is 48.0 Å². The van der Waals surface area contributed by atoms with Crippen molar-refractivity contribution in [2.45, 2.75) is 19.4 Å². The van der Waals surface area contributed by atoms with Crippen LogP contribution in [0.1, 0.15) is 12.0 Å². The summed E-state index contributed by atoms with van der Waals surface area (Å²) in [5.74, 6) is 0. The van der Waals surface area contributed by atoms with Gasteiger partial charge in [-0.3, -0.25) is 4.90 Å². The fraction of sp³-hybridized carbons (Fsp3) is 0.571. The Bertz CT molecular complexity index is 364. The molecular formula is C14H23N3. The standard InChI is InChI=1S/C14H23N3/c1-12-4-3-5-13(10-12)17-9-8-16(2)14(11-17)6-7-15/h3-5,10,14H,6-9,11,15H2,1-2H3. The number of piperazine rings is 1. The van der Waals surface area contributed by atoms with E-state index in [0.717, 1.165) is 32.6 Å². The molecule has 1 aromatic rings. The number of nitrogens with two attached hydrogens (primary N) is 1. The molecule has 1 unspecified atom stereocenters. The topological polar surface area (TPSA) is 32.5 Å². The van der Waals surface area contributed by atoms with Crippen LogP contribution in [0.25, 0.3) is 0 Å². The van der Waals surface area contributed by atoms with Crippen LogP contribution in [-0.4, -0.2) is 44.2 Å². The second-order valence-electron chi connectivity index (χ2n) is 5.00. The van der Waals surface area contributed by atoms with E-state index in [-0.39, 0.29) is 0 Å². The Hall–Kier alpha value is -1.06. The molecule has 0 aromatic heterocycles. The minimum atomic E-state index is 0.592. The maximum absolute atomic E-state index is 5.68. The zero-order chi connectivity index (χ0) is 12.3. The van der Waals surface area contributed by atoms with Gasteiger partial charge in [0.25, 0.3) is 0 Å². The van der Waals surface area contributed by atoms with Crippen molar-refractivity contribution in [3.05, 3.63) is 29.8 Å².